The van der Waals surface area contributed by atoms with E-state index in [0.717, 1.165) is 12.8 Å². The summed E-state index contributed by atoms with van der Waals surface area (Å²) in [6.45, 7) is 8.44. The molecule has 0 unspecified atom stereocenters. The van der Waals surface area contributed by atoms with E-state index >= 15 is 0 Å². The summed E-state index contributed by atoms with van der Waals surface area (Å²) < 4.78 is 5.30. The predicted octanol–water partition coefficient (Wildman–Crippen LogP) is 1.52. The summed E-state index contributed by atoms with van der Waals surface area (Å²) in [6.07, 6.45) is 1.35. The van der Waals surface area contributed by atoms with Crippen molar-refractivity contribution in [1.82, 2.24) is 10.2 Å². The first-order valence-corrected chi connectivity index (χ1v) is 6.08. The van der Waals surface area contributed by atoms with Gasteiger partial charge in [0, 0.05) is 13.1 Å². The van der Waals surface area contributed by atoms with Crippen LogP contribution in [0.1, 0.15) is 40.5 Å². The van der Waals surface area contributed by atoms with E-state index in [-0.39, 0.29) is 5.91 Å². The average Bonchev–Trinajstić information content (AvgIpc) is 2.17. The number of nitrogens with one attached hydrogen (secondary N) is 1. The Hall–Kier alpha value is -1.26. The lowest BCUT2D eigenvalue weighted by atomic mass is 10.2. The van der Waals surface area contributed by atoms with Crippen molar-refractivity contribution >= 4 is 12.0 Å². The van der Waals surface area contributed by atoms with Crippen molar-refractivity contribution in [2.45, 2.75) is 52.2 Å². The largest absolute Gasteiger partial charge is 0.444 e. The molecule has 0 aliphatic carbocycles. The van der Waals surface area contributed by atoms with Crippen LogP contribution in [0.15, 0.2) is 0 Å². The Labute approximate surface area is 102 Å². The Balaban J connectivity index is 2.70. The topological polar surface area (TPSA) is 58.6 Å². The van der Waals surface area contributed by atoms with E-state index in [2.05, 4.69) is 5.32 Å². The fourth-order valence-corrected chi connectivity index (χ4v) is 1.67. The van der Waals surface area contributed by atoms with Gasteiger partial charge >= 0.3 is 6.09 Å². The van der Waals surface area contributed by atoms with E-state index in [9.17, 15) is 9.59 Å². The smallest absolute Gasteiger partial charge is 0.410 e. The molecule has 5 nitrogen and oxygen atoms in total. The third-order valence-corrected chi connectivity index (χ3v) is 2.60. The van der Waals surface area contributed by atoms with Gasteiger partial charge in [-0.25, -0.2) is 4.79 Å². The molecule has 0 bridgehead atoms. The van der Waals surface area contributed by atoms with Gasteiger partial charge < -0.3 is 10.1 Å². The molecule has 5 heteroatoms. The van der Waals surface area contributed by atoms with Crippen LogP contribution in [0, 0.1) is 0 Å². The zero-order chi connectivity index (χ0) is 13.1. The number of nitrogens with zero attached hydrogens (tertiary/aromatic N) is 1. The molecule has 0 aromatic heterocycles. The molecule has 1 fully saturated rings. The maximum Gasteiger partial charge on any atom is 0.410 e. The summed E-state index contributed by atoms with van der Waals surface area (Å²) in [5, 5.41) is 2.79. The van der Waals surface area contributed by atoms with Crippen molar-refractivity contribution in [3.8, 4) is 0 Å². The molecule has 0 spiro atoms. The maximum atomic E-state index is 12.0. The van der Waals surface area contributed by atoms with Crippen LogP contribution in [-0.4, -0.2) is 41.6 Å². The number of ether oxygens (including phenoxy) is 1. The minimum absolute atomic E-state index is 0.115. The molecule has 98 valence electrons. The van der Waals surface area contributed by atoms with E-state index in [1.807, 2.05) is 20.8 Å². The Kier molecular flexibility index (Phi) is 4.37. The van der Waals surface area contributed by atoms with Gasteiger partial charge in [-0.05, 0) is 40.5 Å². The number of carbonyl (C=O) groups is 2. The van der Waals surface area contributed by atoms with E-state index in [4.69, 9.17) is 4.74 Å². The minimum atomic E-state index is -0.532. The normalized spacial score (nSPS) is 22.5. The number of carbonyl (C=O) groups excluding carboxylic acids is 2. The van der Waals surface area contributed by atoms with Crippen LogP contribution in [-0.2, 0) is 9.53 Å². The highest BCUT2D eigenvalue weighted by Gasteiger charge is 2.30. The molecule has 0 aromatic rings. The van der Waals surface area contributed by atoms with Crippen molar-refractivity contribution in [2.24, 2.45) is 0 Å². The molecule has 1 aliphatic rings. The van der Waals surface area contributed by atoms with Crippen LogP contribution in [0.2, 0.25) is 0 Å². The molecule has 1 N–H and O–H groups in total. The lowest BCUT2D eigenvalue weighted by molar-refractivity contribution is -0.126. The Morgan fingerprint density at radius 2 is 2.06 bits per heavy atom. The van der Waals surface area contributed by atoms with Crippen LogP contribution in [0.3, 0.4) is 0 Å². The van der Waals surface area contributed by atoms with E-state index in [1.54, 1.807) is 6.92 Å². The lowest BCUT2D eigenvalue weighted by Gasteiger charge is -2.32. The molecule has 0 saturated carbocycles. The molecule has 0 radical (unpaired) electrons. The summed E-state index contributed by atoms with van der Waals surface area (Å²) in [4.78, 5) is 25.1. The summed E-state index contributed by atoms with van der Waals surface area (Å²) in [5.41, 5.74) is -0.532. The zero-order valence-electron chi connectivity index (χ0n) is 11.1. The highest BCUT2D eigenvalue weighted by atomic mass is 16.6. The molecular weight excluding hydrogens is 220 g/mol. The molecule has 0 aromatic carbocycles. The standard InChI is InChI=1S/C12H22N2O3/c1-9-10(15)13-7-5-6-8-14(9)11(16)17-12(2,3)4/h9H,5-8H2,1-4H3,(H,13,15)/t9-/m0/s1. The summed E-state index contributed by atoms with van der Waals surface area (Å²) >= 11 is 0. The van der Waals surface area contributed by atoms with Crippen LogP contribution < -0.4 is 5.32 Å². The first kappa shape index (κ1) is 13.8. The molecule has 2 amide bonds. The molecule has 1 heterocycles. The Bertz CT molecular complexity index is 297. The van der Waals surface area contributed by atoms with Gasteiger partial charge in [0.15, 0.2) is 0 Å². The van der Waals surface area contributed by atoms with Crippen molar-refractivity contribution < 1.29 is 14.3 Å². The Morgan fingerprint density at radius 1 is 1.41 bits per heavy atom. The monoisotopic (exact) mass is 242 g/mol. The highest BCUT2D eigenvalue weighted by molar-refractivity contribution is 5.85. The summed E-state index contributed by atoms with van der Waals surface area (Å²) in [5.74, 6) is -0.115. The summed E-state index contributed by atoms with van der Waals surface area (Å²) in [7, 11) is 0. The second-order valence-electron chi connectivity index (χ2n) is 5.35. The minimum Gasteiger partial charge on any atom is -0.444 e. The predicted molar refractivity (Wildman–Crippen MR) is 64.6 cm³/mol. The Morgan fingerprint density at radius 3 is 2.65 bits per heavy atom. The quantitative estimate of drug-likeness (QED) is 0.700. The van der Waals surface area contributed by atoms with Crippen LogP contribution in [0.5, 0.6) is 0 Å². The second-order valence-corrected chi connectivity index (χ2v) is 5.35. The van der Waals surface area contributed by atoms with Gasteiger partial charge in [-0.15, -0.1) is 0 Å². The van der Waals surface area contributed by atoms with Crippen molar-refractivity contribution in [1.29, 1.82) is 0 Å². The molecule has 1 saturated heterocycles. The maximum absolute atomic E-state index is 12.0. The van der Waals surface area contributed by atoms with Gasteiger partial charge in [0.1, 0.15) is 11.6 Å². The van der Waals surface area contributed by atoms with E-state index in [1.165, 1.54) is 4.90 Å². The molecule has 1 rings (SSSR count). The van der Waals surface area contributed by atoms with Gasteiger partial charge in [0.25, 0.3) is 0 Å². The average molecular weight is 242 g/mol. The van der Waals surface area contributed by atoms with Gasteiger partial charge in [-0.2, -0.15) is 0 Å². The number of amides is 2. The number of hydrogen-bond donors (Lipinski definition) is 1. The fourth-order valence-electron chi connectivity index (χ4n) is 1.67. The van der Waals surface area contributed by atoms with Crippen LogP contribution in [0.25, 0.3) is 0 Å². The third-order valence-electron chi connectivity index (χ3n) is 2.60. The van der Waals surface area contributed by atoms with E-state index < -0.39 is 17.7 Å². The van der Waals surface area contributed by atoms with Crippen LogP contribution >= 0.6 is 0 Å². The summed E-state index contributed by atoms with van der Waals surface area (Å²) in [6, 6.07) is -0.467. The zero-order valence-corrected chi connectivity index (χ0v) is 11.1. The van der Waals surface area contributed by atoms with Crippen molar-refractivity contribution in [2.75, 3.05) is 13.1 Å². The van der Waals surface area contributed by atoms with Crippen molar-refractivity contribution in [3.63, 3.8) is 0 Å². The van der Waals surface area contributed by atoms with Crippen molar-refractivity contribution in [3.05, 3.63) is 0 Å². The molecule has 1 atom stereocenters. The second kappa shape index (κ2) is 5.38. The third kappa shape index (κ3) is 4.24. The highest BCUT2D eigenvalue weighted by Crippen LogP contribution is 2.14. The molecule has 1 aliphatic heterocycles. The SMILES string of the molecule is C[C@H]1C(=O)NCCCCN1C(=O)OC(C)(C)C. The molecule has 17 heavy (non-hydrogen) atoms. The first-order chi connectivity index (χ1) is 7.81. The lowest BCUT2D eigenvalue weighted by Crippen LogP contribution is -2.51. The number of hydrogen-bond acceptors (Lipinski definition) is 3. The van der Waals surface area contributed by atoms with Gasteiger partial charge in [-0.3, -0.25) is 9.69 Å². The van der Waals surface area contributed by atoms with Gasteiger partial charge in [0.05, 0.1) is 0 Å². The first-order valence-electron chi connectivity index (χ1n) is 6.08. The number of rotatable bonds is 0. The van der Waals surface area contributed by atoms with Gasteiger partial charge in [0.2, 0.25) is 5.91 Å². The molecular formula is C12H22N2O3. The van der Waals surface area contributed by atoms with Gasteiger partial charge in [-0.1, -0.05) is 0 Å². The van der Waals surface area contributed by atoms with Crippen LogP contribution in [0.4, 0.5) is 4.79 Å². The fraction of sp³-hybridized carbons (Fsp3) is 0.833. The van der Waals surface area contributed by atoms with E-state index in [0.29, 0.717) is 13.1 Å².